The van der Waals surface area contributed by atoms with Crippen LogP contribution in [0.5, 0.6) is 5.75 Å². The maximum Gasteiger partial charge on any atom is 0.417 e. The Morgan fingerprint density at radius 1 is 1.30 bits per heavy atom. The zero-order valence-electron chi connectivity index (χ0n) is 15.6. The van der Waals surface area contributed by atoms with E-state index in [2.05, 4.69) is 15.4 Å². The van der Waals surface area contributed by atoms with Crippen LogP contribution in [0.15, 0.2) is 53.8 Å². The van der Waals surface area contributed by atoms with Gasteiger partial charge in [-0.25, -0.2) is 9.67 Å². The van der Waals surface area contributed by atoms with Gasteiger partial charge >= 0.3 is 6.18 Å². The van der Waals surface area contributed by atoms with Gasteiger partial charge in [0.1, 0.15) is 5.03 Å². The van der Waals surface area contributed by atoms with Gasteiger partial charge in [0.2, 0.25) is 0 Å². The Morgan fingerprint density at radius 2 is 2.03 bits per heavy atom. The summed E-state index contributed by atoms with van der Waals surface area (Å²) < 4.78 is 44.7. The predicted molar refractivity (Wildman–Crippen MR) is 107 cm³/mol. The number of hydrogen-bond acceptors (Lipinski definition) is 5. The van der Waals surface area contributed by atoms with Crippen molar-refractivity contribution in [2.75, 3.05) is 19.4 Å². The molecule has 0 aliphatic heterocycles. The molecule has 0 aliphatic rings. The number of alkyl halides is 3. The Balaban J connectivity index is 1.58. The van der Waals surface area contributed by atoms with E-state index in [1.54, 1.807) is 6.20 Å². The Bertz CT molecular complexity index is 1030. The van der Waals surface area contributed by atoms with Crippen molar-refractivity contribution in [3.63, 3.8) is 0 Å². The second-order valence-electron chi connectivity index (χ2n) is 5.94. The first-order valence-corrected chi connectivity index (χ1v) is 9.98. The number of nitrogens with one attached hydrogen (secondary N) is 1. The van der Waals surface area contributed by atoms with Crippen LogP contribution in [0.1, 0.15) is 16.1 Å². The smallest absolute Gasteiger partial charge is 0.417 e. The molecule has 0 bridgehead atoms. The highest BCUT2D eigenvalue weighted by atomic mass is 35.5. The average Bonchev–Trinajstić information content (AvgIpc) is 3.16. The lowest BCUT2D eigenvalue weighted by molar-refractivity contribution is -0.137. The summed E-state index contributed by atoms with van der Waals surface area (Å²) in [7, 11) is 1.44. The van der Waals surface area contributed by atoms with Gasteiger partial charge in [0, 0.05) is 18.5 Å². The third-order valence-corrected chi connectivity index (χ3v) is 5.30. The van der Waals surface area contributed by atoms with Crippen LogP contribution in [0.2, 0.25) is 5.02 Å². The van der Waals surface area contributed by atoms with Crippen molar-refractivity contribution in [1.29, 1.82) is 0 Å². The van der Waals surface area contributed by atoms with Crippen LogP contribution in [0.3, 0.4) is 0 Å². The molecule has 0 unspecified atom stereocenters. The van der Waals surface area contributed by atoms with Gasteiger partial charge in [0.25, 0.3) is 5.91 Å². The van der Waals surface area contributed by atoms with E-state index in [4.69, 9.17) is 16.3 Å². The van der Waals surface area contributed by atoms with Crippen LogP contribution in [0, 0.1) is 0 Å². The van der Waals surface area contributed by atoms with E-state index in [-0.39, 0.29) is 22.3 Å². The summed E-state index contributed by atoms with van der Waals surface area (Å²) >= 11 is 7.01. The minimum absolute atomic E-state index is 0.0931. The molecule has 2 aromatic heterocycles. The molecular weight excluding hydrogens is 441 g/mol. The van der Waals surface area contributed by atoms with Gasteiger partial charge in [0.05, 0.1) is 29.6 Å². The Morgan fingerprint density at radius 3 is 2.67 bits per heavy atom. The second kappa shape index (κ2) is 9.40. The van der Waals surface area contributed by atoms with Crippen LogP contribution >= 0.6 is 23.4 Å². The molecule has 11 heteroatoms. The summed E-state index contributed by atoms with van der Waals surface area (Å²) in [5, 5.41) is 7.13. The van der Waals surface area contributed by atoms with Gasteiger partial charge in [-0.05, 0) is 18.2 Å². The number of methoxy groups -OCH3 is 1. The molecular formula is C19H16ClF3N4O2S. The largest absolute Gasteiger partial charge is 0.493 e. The third-order valence-electron chi connectivity index (χ3n) is 3.90. The Hall–Kier alpha value is -2.72. The average molecular weight is 457 g/mol. The number of benzene rings is 1. The first-order valence-electron chi connectivity index (χ1n) is 8.62. The molecule has 6 nitrogen and oxygen atoms in total. The molecule has 3 rings (SSSR count). The van der Waals surface area contributed by atoms with Gasteiger partial charge in [-0.2, -0.15) is 18.3 Å². The molecule has 1 amide bonds. The van der Waals surface area contributed by atoms with E-state index in [0.29, 0.717) is 11.5 Å². The number of thioether (sulfide) groups is 1. The molecule has 0 radical (unpaired) electrons. The lowest BCUT2D eigenvalue weighted by Gasteiger charge is -2.09. The Kier molecular flexibility index (Phi) is 6.88. The fourth-order valence-corrected chi connectivity index (χ4v) is 3.51. The van der Waals surface area contributed by atoms with Crippen molar-refractivity contribution in [1.82, 2.24) is 20.1 Å². The molecule has 0 atom stereocenters. The van der Waals surface area contributed by atoms with Gasteiger partial charge in [-0.1, -0.05) is 29.8 Å². The van der Waals surface area contributed by atoms with Crippen molar-refractivity contribution < 1.29 is 22.7 Å². The molecule has 0 spiro atoms. The number of ether oxygens (including phenoxy) is 1. The molecule has 0 saturated heterocycles. The molecule has 2 heterocycles. The van der Waals surface area contributed by atoms with Gasteiger partial charge in [-0.3, -0.25) is 4.79 Å². The van der Waals surface area contributed by atoms with Crippen LogP contribution in [-0.4, -0.2) is 40.1 Å². The molecule has 158 valence electrons. The summed E-state index contributed by atoms with van der Waals surface area (Å²) in [6.45, 7) is 0.226. The summed E-state index contributed by atoms with van der Waals surface area (Å²) in [6.07, 6.45) is -2.17. The molecule has 0 fully saturated rings. The third kappa shape index (κ3) is 5.25. The maximum absolute atomic E-state index is 12.7. The van der Waals surface area contributed by atoms with Crippen LogP contribution in [0.4, 0.5) is 13.2 Å². The first-order chi connectivity index (χ1) is 14.3. The fraction of sp³-hybridized carbons (Fsp3) is 0.211. The number of carbonyl (C=O) groups excluding carboxylic acids is 1. The highest BCUT2D eigenvalue weighted by molar-refractivity contribution is 7.99. The number of carbonyl (C=O) groups is 1. The van der Waals surface area contributed by atoms with E-state index in [1.165, 1.54) is 11.8 Å². The zero-order valence-corrected chi connectivity index (χ0v) is 17.2. The van der Waals surface area contributed by atoms with Crippen molar-refractivity contribution in [3.05, 3.63) is 65.1 Å². The summed E-state index contributed by atoms with van der Waals surface area (Å²) in [4.78, 5) is 16.2. The van der Waals surface area contributed by atoms with Crippen LogP contribution < -0.4 is 10.1 Å². The zero-order chi connectivity index (χ0) is 21.7. The van der Waals surface area contributed by atoms with E-state index in [1.807, 2.05) is 30.3 Å². The lowest BCUT2D eigenvalue weighted by Crippen LogP contribution is -2.26. The molecule has 0 aliphatic carbocycles. The highest BCUT2D eigenvalue weighted by Gasteiger charge is 2.31. The number of aromatic nitrogens is 3. The topological polar surface area (TPSA) is 69.0 Å². The molecule has 30 heavy (non-hydrogen) atoms. The van der Waals surface area contributed by atoms with Crippen molar-refractivity contribution in [3.8, 4) is 11.4 Å². The number of para-hydroxylation sites is 1. The normalized spacial score (nSPS) is 11.4. The van der Waals surface area contributed by atoms with E-state index in [0.717, 1.165) is 29.7 Å². The van der Waals surface area contributed by atoms with E-state index >= 15 is 0 Å². The first kappa shape index (κ1) is 22.0. The van der Waals surface area contributed by atoms with Crippen LogP contribution in [-0.2, 0) is 6.18 Å². The number of nitrogens with zero attached hydrogens (tertiary/aromatic N) is 3. The van der Waals surface area contributed by atoms with Crippen molar-refractivity contribution >= 4 is 29.3 Å². The minimum atomic E-state index is -4.50. The van der Waals surface area contributed by atoms with Gasteiger partial charge in [0.15, 0.2) is 11.4 Å². The number of halogens is 4. The van der Waals surface area contributed by atoms with E-state index in [9.17, 15) is 18.0 Å². The van der Waals surface area contributed by atoms with Crippen molar-refractivity contribution in [2.45, 2.75) is 11.2 Å². The quantitative estimate of drug-likeness (QED) is 0.419. The monoisotopic (exact) mass is 456 g/mol. The summed E-state index contributed by atoms with van der Waals surface area (Å²) in [5.41, 5.74) is -0.0169. The molecule has 3 aromatic rings. The number of hydrogen-bond donors (Lipinski definition) is 1. The highest BCUT2D eigenvalue weighted by Crippen LogP contribution is 2.33. The summed E-state index contributed by atoms with van der Waals surface area (Å²) in [5.74, 6) is 0.232. The second-order valence-corrected chi connectivity index (χ2v) is 7.43. The van der Waals surface area contributed by atoms with Crippen LogP contribution in [0.25, 0.3) is 5.69 Å². The van der Waals surface area contributed by atoms with E-state index < -0.39 is 17.6 Å². The maximum atomic E-state index is 12.7. The SMILES string of the molecule is COc1cn(-c2ccccc2)nc1C(=O)NCCSc1ncc(C(F)(F)F)cc1Cl. The number of amides is 1. The summed E-state index contributed by atoms with van der Waals surface area (Å²) in [6, 6.07) is 10.1. The molecule has 1 aromatic carbocycles. The number of pyridine rings is 1. The Labute approximate surface area is 179 Å². The fourth-order valence-electron chi connectivity index (χ4n) is 2.46. The minimum Gasteiger partial charge on any atom is -0.493 e. The standard InChI is InChI=1S/C19H16ClF3N4O2S/c1-29-15-11-27(13-5-3-2-4-6-13)26-16(15)17(28)24-7-8-30-18-14(20)9-12(10-25-18)19(21,22)23/h2-6,9-11H,7-8H2,1H3,(H,24,28). The molecule has 0 saturated carbocycles. The van der Waals surface area contributed by atoms with Gasteiger partial charge < -0.3 is 10.1 Å². The van der Waals surface area contributed by atoms with Gasteiger partial charge in [-0.15, -0.1) is 11.8 Å². The lowest BCUT2D eigenvalue weighted by atomic mass is 10.3. The molecule has 1 N–H and O–H groups in total. The predicted octanol–water partition coefficient (Wildman–Crippen LogP) is 4.47. The van der Waals surface area contributed by atoms with Crippen molar-refractivity contribution in [2.24, 2.45) is 0 Å². The number of rotatable bonds is 7.